The second-order valence-electron chi connectivity index (χ2n) is 3.92. The second kappa shape index (κ2) is 5.79. The Balaban J connectivity index is 2.48. The summed E-state index contributed by atoms with van der Waals surface area (Å²) in [5, 5.41) is 2.14. The van der Waals surface area contributed by atoms with E-state index in [1.54, 1.807) is 0 Å². The van der Waals surface area contributed by atoms with Gasteiger partial charge in [0.05, 0.1) is 0 Å². The van der Waals surface area contributed by atoms with E-state index < -0.39 is 0 Å². The maximum absolute atomic E-state index is 4.31. The fraction of sp³-hybridized carbons (Fsp3) is 0.636. The van der Waals surface area contributed by atoms with Crippen LogP contribution in [0.15, 0.2) is 17.5 Å². The van der Waals surface area contributed by atoms with Crippen LogP contribution in [0.25, 0.3) is 0 Å². The maximum Gasteiger partial charge on any atom is 0.0410 e. The van der Waals surface area contributed by atoms with Crippen LogP contribution in [0, 0.1) is 5.92 Å². The van der Waals surface area contributed by atoms with Crippen molar-refractivity contribution in [2.45, 2.75) is 19.9 Å². The Bertz CT molecular complexity index is 246. The van der Waals surface area contributed by atoms with Crippen molar-refractivity contribution in [2.75, 3.05) is 19.3 Å². The molecule has 2 unspecified atom stereocenters. The summed E-state index contributed by atoms with van der Waals surface area (Å²) in [7, 11) is 2.18. The third-order valence-corrected chi connectivity index (χ3v) is 4.19. The highest BCUT2D eigenvalue weighted by Crippen LogP contribution is 2.23. The van der Waals surface area contributed by atoms with Gasteiger partial charge in [-0.1, -0.05) is 13.0 Å². The molecule has 0 fully saturated rings. The molecule has 3 heteroatoms. The monoisotopic (exact) mass is 229 g/mol. The number of rotatable bonds is 5. The Morgan fingerprint density at radius 3 is 2.71 bits per heavy atom. The van der Waals surface area contributed by atoms with Crippen LogP contribution in [-0.4, -0.2) is 24.2 Å². The van der Waals surface area contributed by atoms with Crippen LogP contribution in [0.3, 0.4) is 0 Å². The molecule has 0 aliphatic carbocycles. The molecule has 0 saturated heterocycles. The third-order valence-electron chi connectivity index (χ3n) is 2.53. The first kappa shape index (κ1) is 12.1. The van der Waals surface area contributed by atoms with Gasteiger partial charge in [0, 0.05) is 17.5 Å². The molecule has 0 bridgehead atoms. The van der Waals surface area contributed by atoms with Gasteiger partial charge in [-0.2, -0.15) is 12.6 Å². The Hall–Kier alpha value is 0.01000. The maximum atomic E-state index is 4.31. The molecule has 0 N–H and O–H groups in total. The zero-order valence-electron chi connectivity index (χ0n) is 9.10. The molecule has 0 saturated carbocycles. The summed E-state index contributed by atoms with van der Waals surface area (Å²) in [6.07, 6.45) is 0. The van der Waals surface area contributed by atoms with Crippen LogP contribution >= 0.6 is 24.0 Å². The summed E-state index contributed by atoms with van der Waals surface area (Å²) in [6.45, 7) is 5.62. The molecule has 0 aliphatic rings. The van der Waals surface area contributed by atoms with Gasteiger partial charge in [0.2, 0.25) is 0 Å². The van der Waals surface area contributed by atoms with Crippen molar-refractivity contribution in [3.63, 3.8) is 0 Å². The van der Waals surface area contributed by atoms with E-state index in [9.17, 15) is 0 Å². The molecular formula is C11H19NS2. The minimum absolute atomic E-state index is 0.525. The van der Waals surface area contributed by atoms with E-state index in [-0.39, 0.29) is 0 Å². The van der Waals surface area contributed by atoms with Crippen LogP contribution in [0.5, 0.6) is 0 Å². The average molecular weight is 229 g/mol. The van der Waals surface area contributed by atoms with Gasteiger partial charge in [0.15, 0.2) is 0 Å². The molecule has 1 aromatic heterocycles. The Morgan fingerprint density at radius 1 is 1.50 bits per heavy atom. The molecule has 1 rings (SSSR count). The molecule has 14 heavy (non-hydrogen) atoms. The lowest BCUT2D eigenvalue weighted by molar-refractivity contribution is 0.238. The van der Waals surface area contributed by atoms with Crippen molar-refractivity contribution in [3.05, 3.63) is 22.4 Å². The number of hydrogen-bond acceptors (Lipinski definition) is 3. The summed E-state index contributed by atoms with van der Waals surface area (Å²) < 4.78 is 0. The van der Waals surface area contributed by atoms with Gasteiger partial charge in [-0.3, -0.25) is 4.90 Å². The van der Waals surface area contributed by atoms with Crippen molar-refractivity contribution in [2.24, 2.45) is 5.92 Å². The van der Waals surface area contributed by atoms with Crippen LogP contribution in [0.1, 0.15) is 24.8 Å². The van der Waals surface area contributed by atoms with Crippen LogP contribution in [0.2, 0.25) is 0 Å². The van der Waals surface area contributed by atoms with Gasteiger partial charge >= 0.3 is 0 Å². The summed E-state index contributed by atoms with van der Waals surface area (Å²) in [4.78, 5) is 3.84. The Kier molecular flexibility index (Phi) is 4.99. The Labute approximate surface area is 96.5 Å². The third kappa shape index (κ3) is 3.30. The van der Waals surface area contributed by atoms with Gasteiger partial charge in [-0.15, -0.1) is 11.3 Å². The fourth-order valence-electron chi connectivity index (χ4n) is 1.45. The summed E-state index contributed by atoms with van der Waals surface area (Å²) >= 11 is 6.14. The van der Waals surface area contributed by atoms with Crippen molar-refractivity contribution in [1.82, 2.24) is 4.90 Å². The number of nitrogens with zero attached hydrogens (tertiary/aromatic N) is 1. The minimum atomic E-state index is 0.525. The van der Waals surface area contributed by atoms with E-state index >= 15 is 0 Å². The summed E-state index contributed by atoms with van der Waals surface area (Å²) in [6, 6.07) is 4.85. The first-order valence-electron chi connectivity index (χ1n) is 4.99. The lowest BCUT2D eigenvalue weighted by Crippen LogP contribution is -2.27. The van der Waals surface area contributed by atoms with Crippen LogP contribution in [0.4, 0.5) is 0 Å². The molecule has 0 aliphatic heterocycles. The smallest absolute Gasteiger partial charge is 0.0410 e. The fourth-order valence-corrected chi connectivity index (χ4v) is 2.42. The molecular weight excluding hydrogens is 210 g/mol. The lowest BCUT2D eigenvalue weighted by atomic mass is 10.1. The van der Waals surface area contributed by atoms with Crippen molar-refractivity contribution in [1.29, 1.82) is 0 Å². The van der Waals surface area contributed by atoms with Gasteiger partial charge in [-0.25, -0.2) is 0 Å². The SMILES string of the molecule is CC(CS)CN(C)C(C)c1cccs1. The molecule has 0 aromatic carbocycles. The first-order chi connectivity index (χ1) is 6.65. The Morgan fingerprint density at radius 2 is 2.21 bits per heavy atom. The highest BCUT2D eigenvalue weighted by molar-refractivity contribution is 7.80. The molecule has 2 atom stereocenters. The predicted molar refractivity (Wildman–Crippen MR) is 68.4 cm³/mol. The molecule has 0 amide bonds. The molecule has 1 aromatic rings. The van der Waals surface area contributed by atoms with Crippen molar-refractivity contribution < 1.29 is 0 Å². The number of thiophene rings is 1. The number of thiol groups is 1. The van der Waals surface area contributed by atoms with E-state index in [1.165, 1.54) is 4.88 Å². The van der Waals surface area contributed by atoms with E-state index in [0.717, 1.165) is 12.3 Å². The summed E-state index contributed by atoms with van der Waals surface area (Å²) in [5.41, 5.74) is 0. The first-order valence-corrected chi connectivity index (χ1v) is 6.51. The lowest BCUT2D eigenvalue weighted by Gasteiger charge is -2.26. The van der Waals surface area contributed by atoms with Gasteiger partial charge in [-0.05, 0) is 37.1 Å². The van der Waals surface area contributed by atoms with Crippen LogP contribution < -0.4 is 0 Å². The van der Waals surface area contributed by atoms with Crippen molar-refractivity contribution >= 4 is 24.0 Å². The van der Waals surface area contributed by atoms with Crippen molar-refractivity contribution in [3.8, 4) is 0 Å². The van der Waals surface area contributed by atoms with Gasteiger partial charge in [0.1, 0.15) is 0 Å². The molecule has 80 valence electrons. The molecule has 1 heterocycles. The minimum Gasteiger partial charge on any atom is -0.299 e. The van der Waals surface area contributed by atoms with E-state index in [2.05, 4.69) is 55.9 Å². The molecule has 0 spiro atoms. The topological polar surface area (TPSA) is 3.24 Å². The molecule has 1 nitrogen and oxygen atoms in total. The van der Waals surface area contributed by atoms with Crippen LogP contribution in [-0.2, 0) is 0 Å². The van der Waals surface area contributed by atoms with E-state index in [0.29, 0.717) is 12.0 Å². The highest BCUT2D eigenvalue weighted by atomic mass is 32.1. The van der Waals surface area contributed by atoms with E-state index in [1.807, 2.05) is 11.3 Å². The van der Waals surface area contributed by atoms with Gasteiger partial charge < -0.3 is 0 Å². The number of hydrogen-bond donors (Lipinski definition) is 1. The predicted octanol–water partition coefficient (Wildman–Crippen LogP) is 3.31. The normalized spacial score (nSPS) is 15.8. The summed E-state index contributed by atoms with van der Waals surface area (Å²) in [5.74, 6) is 1.62. The second-order valence-corrected chi connectivity index (χ2v) is 5.26. The average Bonchev–Trinajstić information content (AvgIpc) is 2.69. The van der Waals surface area contributed by atoms with E-state index in [4.69, 9.17) is 0 Å². The highest BCUT2D eigenvalue weighted by Gasteiger charge is 2.14. The van der Waals surface area contributed by atoms with Gasteiger partial charge in [0.25, 0.3) is 0 Å². The zero-order chi connectivity index (χ0) is 10.6. The zero-order valence-corrected chi connectivity index (χ0v) is 10.8. The largest absolute Gasteiger partial charge is 0.299 e. The molecule has 0 radical (unpaired) electrons. The quantitative estimate of drug-likeness (QED) is 0.758. The standard InChI is InChI=1S/C11H19NS2/c1-9(8-13)7-12(3)10(2)11-5-4-6-14-11/h4-6,9-10,13H,7-8H2,1-3H3.